The Balaban J connectivity index is 2.63. The number of rotatable bonds is 6. The maximum atomic E-state index is 12.0. The van der Waals surface area contributed by atoms with Crippen LogP contribution in [0.25, 0.3) is 0 Å². The van der Waals surface area contributed by atoms with Gasteiger partial charge in [0.1, 0.15) is 0 Å². The molecule has 1 amide bonds. The van der Waals surface area contributed by atoms with Crippen molar-refractivity contribution in [1.82, 2.24) is 5.32 Å². The molecule has 0 heterocycles. The monoisotopic (exact) mass is 287 g/mol. The summed E-state index contributed by atoms with van der Waals surface area (Å²) in [6, 6.07) is 6.87. The summed E-state index contributed by atoms with van der Waals surface area (Å²) in [5.74, 6) is 0.476. The van der Waals surface area contributed by atoms with E-state index in [0.717, 1.165) is 12.8 Å². The van der Waals surface area contributed by atoms with Gasteiger partial charge in [0, 0.05) is 28.4 Å². The summed E-state index contributed by atoms with van der Waals surface area (Å²) < 4.78 is 0. The van der Waals surface area contributed by atoms with Crippen LogP contribution >= 0.6 is 23.2 Å². The lowest BCUT2D eigenvalue weighted by atomic mass is 9.84. The van der Waals surface area contributed by atoms with Crippen LogP contribution in [-0.2, 0) is 0 Å². The van der Waals surface area contributed by atoms with E-state index in [9.17, 15) is 4.79 Å². The van der Waals surface area contributed by atoms with Gasteiger partial charge < -0.3 is 5.32 Å². The second-order valence-corrected chi connectivity index (χ2v) is 5.23. The van der Waals surface area contributed by atoms with Gasteiger partial charge in [0.15, 0.2) is 0 Å². The Bertz CT molecular complexity index is 377. The Morgan fingerprint density at radius 3 is 2.22 bits per heavy atom. The van der Waals surface area contributed by atoms with E-state index >= 15 is 0 Å². The second kappa shape index (κ2) is 7.01. The van der Waals surface area contributed by atoms with E-state index in [1.54, 1.807) is 24.3 Å². The van der Waals surface area contributed by atoms with Crippen LogP contribution < -0.4 is 5.32 Å². The van der Waals surface area contributed by atoms with Gasteiger partial charge in [0.25, 0.3) is 5.91 Å². The molecule has 0 radical (unpaired) electrons. The highest BCUT2D eigenvalue weighted by Gasteiger charge is 2.25. The summed E-state index contributed by atoms with van der Waals surface area (Å²) >= 11 is 11.8. The number of alkyl halides is 1. The van der Waals surface area contributed by atoms with Gasteiger partial charge in [0.2, 0.25) is 0 Å². The van der Waals surface area contributed by atoms with Crippen molar-refractivity contribution in [2.45, 2.75) is 26.7 Å². The van der Waals surface area contributed by atoms with E-state index in [0.29, 0.717) is 23.0 Å². The predicted molar refractivity (Wildman–Crippen MR) is 77.5 cm³/mol. The lowest BCUT2D eigenvalue weighted by molar-refractivity contribution is 0.0932. The molecule has 0 saturated carbocycles. The SMILES string of the molecule is CCC(CC)(CCl)CNC(=O)c1ccc(Cl)cc1. The minimum Gasteiger partial charge on any atom is -0.351 e. The van der Waals surface area contributed by atoms with Gasteiger partial charge in [-0.1, -0.05) is 25.4 Å². The van der Waals surface area contributed by atoms with E-state index in [1.165, 1.54) is 0 Å². The fourth-order valence-electron chi connectivity index (χ4n) is 1.71. The van der Waals surface area contributed by atoms with E-state index in [1.807, 2.05) is 0 Å². The maximum absolute atomic E-state index is 12.0. The molecule has 0 saturated heterocycles. The molecule has 1 N–H and O–H groups in total. The normalized spacial score (nSPS) is 11.3. The van der Waals surface area contributed by atoms with Crippen molar-refractivity contribution in [3.8, 4) is 0 Å². The average Bonchev–Trinajstić information content (AvgIpc) is 2.41. The number of hydrogen-bond acceptors (Lipinski definition) is 1. The Morgan fingerprint density at radius 2 is 1.78 bits per heavy atom. The molecule has 0 spiro atoms. The number of nitrogens with one attached hydrogen (secondary N) is 1. The van der Waals surface area contributed by atoms with E-state index in [-0.39, 0.29) is 11.3 Å². The molecule has 0 unspecified atom stereocenters. The van der Waals surface area contributed by atoms with Gasteiger partial charge in [-0.05, 0) is 37.1 Å². The minimum absolute atomic E-state index is 0.0103. The number of halogens is 2. The molecule has 0 bridgehead atoms. The first kappa shape index (κ1) is 15.3. The van der Waals surface area contributed by atoms with Crippen molar-refractivity contribution in [3.63, 3.8) is 0 Å². The first-order valence-corrected chi connectivity index (χ1v) is 7.08. The quantitative estimate of drug-likeness (QED) is 0.784. The van der Waals surface area contributed by atoms with Crippen molar-refractivity contribution in [2.24, 2.45) is 5.41 Å². The van der Waals surface area contributed by atoms with Crippen molar-refractivity contribution >= 4 is 29.1 Å². The molecular formula is C14H19Cl2NO. The third kappa shape index (κ3) is 3.89. The highest BCUT2D eigenvalue weighted by molar-refractivity contribution is 6.30. The van der Waals surface area contributed by atoms with Gasteiger partial charge >= 0.3 is 0 Å². The number of carbonyl (C=O) groups is 1. The van der Waals surface area contributed by atoms with Crippen molar-refractivity contribution < 1.29 is 4.79 Å². The summed E-state index contributed by atoms with van der Waals surface area (Å²) in [7, 11) is 0. The second-order valence-electron chi connectivity index (χ2n) is 4.53. The number of carbonyl (C=O) groups excluding carboxylic acids is 1. The predicted octanol–water partition coefficient (Wildman–Crippen LogP) is 4.12. The molecule has 0 aliphatic rings. The molecule has 0 aliphatic carbocycles. The molecular weight excluding hydrogens is 269 g/mol. The number of benzene rings is 1. The molecule has 1 rings (SSSR count). The highest BCUT2D eigenvalue weighted by atomic mass is 35.5. The molecule has 4 heteroatoms. The van der Waals surface area contributed by atoms with E-state index in [2.05, 4.69) is 19.2 Å². The molecule has 1 aromatic rings. The third-order valence-electron chi connectivity index (χ3n) is 3.51. The average molecular weight is 288 g/mol. The minimum atomic E-state index is -0.0805. The van der Waals surface area contributed by atoms with Crippen LogP contribution in [0.15, 0.2) is 24.3 Å². The Kier molecular flexibility index (Phi) is 5.97. The zero-order chi connectivity index (χ0) is 13.6. The lowest BCUT2D eigenvalue weighted by Crippen LogP contribution is -2.38. The van der Waals surface area contributed by atoms with Crippen LogP contribution in [0.3, 0.4) is 0 Å². The van der Waals surface area contributed by atoms with Crippen LogP contribution in [0.1, 0.15) is 37.0 Å². The Labute approximate surface area is 119 Å². The number of hydrogen-bond donors (Lipinski definition) is 1. The molecule has 1 aromatic carbocycles. The maximum Gasteiger partial charge on any atom is 0.251 e. The molecule has 18 heavy (non-hydrogen) atoms. The fourth-order valence-corrected chi connectivity index (χ4v) is 2.31. The first-order valence-electron chi connectivity index (χ1n) is 6.16. The van der Waals surface area contributed by atoms with Gasteiger partial charge in [0.05, 0.1) is 0 Å². The summed E-state index contributed by atoms with van der Waals surface area (Å²) in [4.78, 5) is 12.0. The summed E-state index contributed by atoms with van der Waals surface area (Å²) in [6.45, 7) is 4.80. The zero-order valence-electron chi connectivity index (χ0n) is 10.8. The zero-order valence-corrected chi connectivity index (χ0v) is 12.3. The van der Waals surface area contributed by atoms with Gasteiger partial charge in [-0.2, -0.15) is 0 Å². The topological polar surface area (TPSA) is 29.1 Å². The van der Waals surface area contributed by atoms with Crippen LogP contribution in [-0.4, -0.2) is 18.3 Å². The van der Waals surface area contributed by atoms with Crippen LogP contribution in [0, 0.1) is 5.41 Å². The Morgan fingerprint density at radius 1 is 1.22 bits per heavy atom. The fraction of sp³-hybridized carbons (Fsp3) is 0.500. The molecule has 0 aliphatic heterocycles. The standard InChI is InChI=1S/C14H19Cl2NO/c1-3-14(4-2,9-15)10-17-13(18)11-5-7-12(16)8-6-11/h5-8H,3-4,9-10H2,1-2H3,(H,17,18). The van der Waals surface area contributed by atoms with Gasteiger partial charge in [-0.3, -0.25) is 4.79 Å². The third-order valence-corrected chi connectivity index (χ3v) is 4.33. The smallest absolute Gasteiger partial charge is 0.251 e. The summed E-state index contributed by atoms with van der Waals surface area (Å²) in [5.41, 5.74) is 0.610. The highest BCUT2D eigenvalue weighted by Crippen LogP contribution is 2.27. The molecule has 0 aromatic heterocycles. The van der Waals surface area contributed by atoms with Crippen LogP contribution in [0.5, 0.6) is 0 Å². The Hall–Kier alpha value is -0.730. The van der Waals surface area contributed by atoms with Crippen molar-refractivity contribution in [2.75, 3.05) is 12.4 Å². The molecule has 100 valence electrons. The van der Waals surface area contributed by atoms with Crippen molar-refractivity contribution in [3.05, 3.63) is 34.9 Å². The molecule has 2 nitrogen and oxygen atoms in total. The van der Waals surface area contributed by atoms with Gasteiger partial charge in [-0.25, -0.2) is 0 Å². The molecule has 0 fully saturated rings. The van der Waals surface area contributed by atoms with Crippen LogP contribution in [0.4, 0.5) is 0 Å². The summed E-state index contributed by atoms with van der Waals surface area (Å²) in [5, 5.41) is 3.57. The van der Waals surface area contributed by atoms with E-state index in [4.69, 9.17) is 23.2 Å². The first-order chi connectivity index (χ1) is 8.56. The molecule has 0 atom stereocenters. The van der Waals surface area contributed by atoms with Crippen LogP contribution in [0.2, 0.25) is 5.02 Å². The summed E-state index contributed by atoms with van der Waals surface area (Å²) in [6.07, 6.45) is 1.90. The van der Waals surface area contributed by atoms with E-state index < -0.39 is 0 Å². The van der Waals surface area contributed by atoms with Gasteiger partial charge in [-0.15, -0.1) is 11.6 Å². The van der Waals surface area contributed by atoms with Crippen molar-refractivity contribution in [1.29, 1.82) is 0 Å². The lowest BCUT2D eigenvalue weighted by Gasteiger charge is -2.29. The largest absolute Gasteiger partial charge is 0.351 e. The number of amides is 1.